The summed E-state index contributed by atoms with van der Waals surface area (Å²) in [6, 6.07) is 5.18. The van der Waals surface area contributed by atoms with Crippen molar-refractivity contribution in [2.24, 2.45) is 5.73 Å². The van der Waals surface area contributed by atoms with Crippen molar-refractivity contribution in [3.05, 3.63) is 46.8 Å². The molecular weight excluding hydrogens is 306 g/mol. The molecule has 0 bridgehead atoms. The van der Waals surface area contributed by atoms with Crippen LogP contribution in [0.15, 0.2) is 18.2 Å². The molecule has 3 amide bonds. The molecule has 0 saturated carbocycles. The molecule has 3 N–H and O–H groups in total. The van der Waals surface area contributed by atoms with Crippen LogP contribution in [-0.2, 0) is 25.9 Å². The van der Waals surface area contributed by atoms with E-state index in [0.717, 1.165) is 39.9 Å². The topological polar surface area (TPSA) is 93.2 Å². The van der Waals surface area contributed by atoms with E-state index in [4.69, 9.17) is 5.73 Å². The number of carbonyl (C=O) groups is 2. The molecule has 125 valence electrons. The van der Waals surface area contributed by atoms with Gasteiger partial charge in [-0.1, -0.05) is 32.0 Å². The summed E-state index contributed by atoms with van der Waals surface area (Å²) in [4.78, 5) is 25.6. The third-order valence-electron chi connectivity index (χ3n) is 4.31. The zero-order valence-electron chi connectivity index (χ0n) is 13.8. The summed E-state index contributed by atoms with van der Waals surface area (Å²) in [6.45, 7) is 4.78. The Balaban J connectivity index is 1.79. The Morgan fingerprint density at radius 2 is 1.92 bits per heavy atom. The highest BCUT2D eigenvalue weighted by atomic mass is 16.2. The molecular formula is C17H20N5O2. The lowest BCUT2D eigenvalue weighted by molar-refractivity contribution is 0.210. The van der Waals surface area contributed by atoms with Crippen molar-refractivity contribution >= 4 is 17.7 Å². The van der Waals surface area contributed by atoms with Crippen LogP contribution < -0.4 is 11.1 Å². The number of para-hydroxylation sites is 1. The molecule has 2 heterocycles. The summed E-state index contributed by atoms with van der Waals surface area (Å²) in [5, 5.41) is 6.85. The molecule has 1 aromatic carbocycles. The van der Waals surface area contributed by atoms with E-state index in [1.165, 1.54) is 0 Å². The number of fused-ring (bicyclic) bond motifs is 1. The first-order chi connectivity index (χ1) is 11.5. The van der Waals surface area contributed by atoms with Gasteiger partial charge in [0.2, 0.25) is 0 Å². The zero-order chi connectivity index (χ0) is 17.3. The zero-order valence-corrected chi connectivity index (χ0v) is 13.8. The van der Waals surface area contributed by atoms with E-state index in [1.807, 2.05) is 18.2 Å². The fourth-order valence-corrected chi connectivity index (χ4v) is 2.99. The molecule has 1 aromatic heterocycles. The Morgan fingerprint density at radius 1 is 1.25 bits per heavy atom. The minimum Gasteiger partial charge on any atom is -0.350 e. The first kappa shape index (κ1) is 16.0. The number of primary amides is 1. The van der Waals surface area contributed by atoms with Gasteiger partial charge in [0.05, 0.1) is 18.8 Å². The molecule has 7 heteroatoms. The molecule has 2 aromatic rings. The Labute approximate surface area is 140 Å². The van der Waals surface area contributed by atoms with Gasteiger partial charge in [0, 0.05) is 11.3 Å². The fourth-order valence-electron chi connectivity index (χ4n) is 2.99. The molecule has 0 saturated heterocycles. The molecule has 1 aliphatic heterocycles. The minimum atomic E-state index is -0.667. The van der Waals surface area contributed by atoms with E-state index >= 15 is 0 Å². The average Bonchev–Trinajstić information content (AvgIpc) is 3.15. The predicted octanol–water partition coefficient (Wildman–Crippen LogP) is 2.28. The maximum atomic E-state index is 12.7. The number of anilines is 1. The minimum absolute atomic E-state index is 0.203. The van der Waals surface area contributed by atoms with Crippen molar-refractivity contribution in [1.82, 2.24) is 14.7 Å². The van der Waals surface area contributed by atoms with Gasteiger partial charge in [-0.05, 0) is 24.0 Å². The van der Waals surface area contributed by atoms with Gasteiger partial charge in [0.25, 0.3) is 0 Å². The summed E-state index contributed by atoms with van der Waals surface area (Å²) in [6.07, 6.45) is 4.43. The Hall–Kier alpha value is -2.83. The van der Waals surface area contributed by atoms with Crippen LogP contribution in [0.3, 0.4) is 0 Å². The number of nitrogens with one attached hydrogen (secondary N) is 1. The molecule has 24 heavy (non-hydrogen) atoms. The number of amides is 3. The molecule has 1 radical (unpaired) electrons. The van der Waals surface area contributed by atoms with Gasteiger partial charge in [-0.3, -0.25) is 0 Å². The summed E-state index contributed by atoms with van der Waals surface area (Å²) in [7, 11) is 0. The summed E-state index contributed by atoms with van der Waals surface area (Å²) in [5.74, 6) is 0. The lowest BCUT2D eigenvalue weighted by atomic mass is 10.0. The van der Waals surface area contributed by atoms with Crippen molar-refractivity contribution in [2.75, 3.05) is 5.32 Å². The van der Waals surface area contributed by atoms with Crippen molar-refractivity contribution in [3.8, 4) is 0 Å². The largest absolute Gasteiger partial charge is 0.350 e. The van der Waals surface area contributed by atoms with E-state index in [9.17, 15) is 9.59 Å². The van der Waals surface area contributed by atoms with E-state index < -0.39 is 6.03 Å². The average molecular weight is 326 g/mol. The first-order valence-electron chi connectivity index (χ1n) is 8.00. The summed E-state index contributed by atoms with van der Waals surface area (Å²) in [5.41, 5.74) is 9.71. The highest BCUT2D eigenvalue weighted by molar-refractivity contribution is 5.91. The molecule has 1 aliphatic rings. The number of nitrogens with zero attached hydrogens (tertiary/aromatic N) is 3. The molecule has 0 spiro atoms. The smallest absolute Gasteiger partial charge is 0.339 e. The van der Waals surface area contributed by atoms with Gasteiger partial charge in [-0.15, -0.1) is 0 Å². The maximum Gasteiger partial charge on any atom is 0.339 e. The van der Waals surface area contributed by atoms with Gasteiger partial charge in [0.1, 0.15) is 6.20 Å². The van der Waals surface area contributed by atoms with Crippen LogP contribution in [0.1, 0.15) is 36.2 Å². The second kappa shape index (κ2) is 6.35. The predicted molar refractivity (Wildman–Crippen MR) is 89.5 cm³/mol. The molecule has 0 unspecified atom stereocenters. The van der Waals surface area contributed by atoms with Crippen LogP contribution in [0, 0.1) is 6.20 Å². The number of aromatic nitrogens is 2. The van der Waals surface area contributed by atoms with Crippen LogP contribution in [0.25, 0.3) is 0 Å². The summed E-state index contributed by atoms with van der Waals surface area (Å²) < 4.78 is 1.10. The lowest BCUT2D eigenvalue weighted by Gasteiger charge is -2.20. The van der Waals surface area contributed by atoms with Crippen LogP contribution >= 0.6 is 0 Å². The number of aryl methyl sites for hydroxylation is 2. The molecule has 3 rings (SSSR count). The first-order valence-corrected chi connectivity index (χ1v) is 8.00. The second-order valence-corrected chi connectivity index (χ2v) is 5.73. The molecule has 0 aliphatic carbocycles. The van der Waals surface area contributed by atoms with E-state index in [0.29, 0.717) is 12.2 Å². The van der Waals surface area contributed by atoms with Crippen molar-refractivity contribution < 1.29 is 9.59 Å². The maximum absolute atomic E-state index is 12.7. The van der Waals surface area contributed by atoms with E-state index in [-0.39, 0.29) is 12.6 Å². The number of carbonyl (C=O) groups excluding carboxylic acids is 2. The lowest BCUT2D eigenvalue weighted by Crippen LogP contribution is -2.32. The van der Waals surface area contributed by atoms with E-state index in [2.05, 4.69) is 30.5 Å². The van der Waals surface area contributed by atoms with Gasteiger partial charge in [0.15, 0.2) is 0 Å². The van der Waals surface area contributed by atoms with Crippen molar-refractivity contribution in [2.45, 2.75) is 39.8 Å². The Bertz CT molecular complexity index is 774. The van der Waals surface area contributed by atoms with Crippen molar-refractivity contribution in [1.29, 1.82) is 0 Å². The number of rotatable bonds is 3. The number of hydrogen-bond acceptors (Lipinski definition) is 3. The fraction of sp³-hybridized carbons (Fsp3) is 0.353. The number of hydrogen-bond donors (Lipinski definition) is 2. The third-order valence-corrected chi connectivity index (χ3v) is 4.31. The quantitative estimate of drug-likeness (QED) is 0.906. The SMILES string of the molecule is CCc1cccc(CC)c1NC(=O)N1Cc2[c]nn(C(N)=O)c2C1. The standard InChI is InChI=1S/C17H20N5O2/c1-3-11-6-5-7-12(4-2)15(11)20-17(24)21-9-13-8-19-22(16(18)23)14(13)10-21/h5-7H,3-4,9-10H2,1-2H3,(H2,18,23)(H,20,24). The number of urea groups is 1. The number of nitrogens with two attached hydrogens (primary N) is 1. The molecule has 0 fully saturated rings. The van der Waals surface area contributed by atoms with Gasteiger partial charge in [-0.25, -0.2) is 9.59 Å². The monoisotopic (exact) mass is 326 g/mol. The van der Waals surface area contributed by atoms with Crippen LogP contribution in [0.2, 0.25) is 0 Å². The van der Waals surface area contributed by atoms with Crippen LogP contribution in [0.4, 0.5) is 15.3 Å². The molecule has 0 atom stereocenters. The highest BCUT2D eigenvalue weighted by Gasteiger charge is 2.29. The van der Waals surface area contributed by atoms with Crippen LogP contribution in [-0.4, -0.2) is 26.7 Å². The Kier molecular flexibility index (Phi) is 4.24. The van der Waals surface area contributed by atoms with E-state index in [1.54, 1.807) is 4.90 Å². The normalized spacial score (nSPS) is 13.0. The highest BCUT2D eigenvalue weighted by Crippen LogP contribution is 2.26. The van der Waals surface area contributed by atoms with Crippen LogP contribution in [0.5, 0.6) is 0 Å². The Morgan fingerprint density at radius 3 is 2.50 bits per heavy atom. The summed E-state index contributed by atoms with van der Waals surface area (Å²) >= 11 is 0. The second-order valence-electron chi connectivity index (χ2n) is 5.73. The van der Waals surface area contributed by atoms with Gasteiger partial charge >= 0.3 is 12.1 Å². The van der Waals surface area contributed by atoms with Crippen molar-refractivity contribution in [3.63, 3.8) is 0 Å². The number of benzene rings is 1. The molecule has 7 nitrogen and oxygen atoms in total. The third kappa shape index (κ3) is 2.73. The van der Waals surface area contributed by atoms with Gasteiger partial charge in [-0.2, -0.15) is 9.78 Å². The van der Waals surface area contributed by atoms with Gasteiger partial charge < -0.3 is 16.0 Å².